The van der Waals surface area contributed by atoms with Crippen LogP contribution in [0.5, 0.6) is 0 Å². The van der Waals surface area contributed by atoms with Crippen LogP contribution in [0.3, 0.4) is 0 Å². The molecule has 0 spiro atoms. The van der Waals surface area contributed by atoms with E-state index in [1.165, 1.54) is 13.1 Å². The topological polar surface area (TPSA) is 96.1 Å². The van der Waals surface area contributed by atoms with Crippen molar-refractivity contribution in [3.05, 3.63) is 54.1 Å². The van der Waals surface area contributed by atoms with Gasteiger partial charge in [0, 0.05) is 23.6 Å². The van der Waals surface area contributed by atoms with Gasteiger partial charge in [-0.1, -0.05) is 6.07 Å². The number of aromatic nitrogens is 4. The minimum Gasteiger partial charge on any atom is -0.393 e. The van der Waals surface area contributed by atoms with Crippen LogP contribution in [0, 0.1) is 6.92 Å². The standard InChI is InChI=1S/C20H24FN5O2/c1-13-6-15(16-9-23-26(10-16)11-20(3,28)12-27)8-17(7-13)24-19-22-5-4-18(25-19)14(2)21/h4-10,14,27-28H,11-12H2,1-3H3,(H,22,24,25)/t14-,20?/m0/s1. The molecule has 1 unspecified atom stereocenters. The zero-order valence-electron chi connectivity index (χ0n) is 16.1. The van der Waals surface area contributed by atoms with Crippen LogP contribution < -0.4 is 5.32 Å². The summed E-state index contributed by atoms with van der Waals surface area (Å²) < 4.78 is 15.1. The lowest BCUT2D eigenvalue weighted by Gasteiger charge is -2.19. The highest BCUT2D eigenvalue weighted by molar-refractivity contribution is 5.70. The van der Waals surface area contributed by atoms with E-state index in [2.05, 4.69) is 20.4 Å². The third kappa shape index (κ3) is 4.90. The fraction of sp³-hybridized carbons (Fsp3) is 0.350. The molecule has 3 N–H and O–H groups in total. The lowest BCUT2D eigenvalue weighted by molar-refractivity contribution is -0.0145. The third-order valence-electron chi connectivity index (χ3n) is 4.23. The van der Waals surface area contributed by atoms with Gasteiger partial charge in [0.2, 0.25) is 5.95 Å². The maximum atomic E-state index is 13.5. The molecule has 0 radical (unpaired) electrons. The Kier molecular flexibility index (Phi) is 5.71. The molecule has 0 amide bonds. The molecule has 0 aliphatic carbocycles. The summed E-state index contributed by atoms with van der Waals surface area (Å²) in [6.45, 7) is 4.79. The number of halogens is 1. The highest BCUT2D eigenvalue weighted by Gasteiger charge is 2.20. The van der Waals surface area contributed by atoms with Crippen LogP contribution in [0.25, 0.3) is 11.1 Å². The largest absolute Gasteiger partial charge is 0.393 e. The molecule has 0 saturated heterocycles. The summed E-state index contributed by atoms with van der Waals surface area (Å²) in [4.78, 5) is 8.33. The Morgan fingerprint density at radius 3 is 2.79 bits per heavy atom. The number of aliphatic hydroxyl groups excluding tert-OH is 1. The van der Waals surface area contributed by atoms with Crippen LogP contribution in [-0.4, -0.2) is 42.2 Å². The Morgan fingerprint density at radius 1 is 1.29 bits per heavy atom. The smallest absolute Gasteiger partial charge is 0.227 e. The summed E-state index contributed by atoms with van der Waals surface area (Å²) in [5.41, 5.74) is 2.67. The van der Waals surface area contributed by atoms with Gasteiger partial charge >= 0.3 is 0 Å². The molecule has 0 saturated carbocycles. The van der Waals surface area contributed by atoms with Gasteiger partial charge in [0.25, 0.3) is 0 Å². The molecule has 3 rings (SSSR count). The molecular formula is C20H24FN5O2. The summed E-state index contributed by atoms with van der Waals surface area (Å²) >= 11 is 0. The zero-order valence-corrected chi connectivity index (χ0v) is 16.1. The maximum absolute atomic E-state index is 13.5. The van der Waals surface area contributed by atoms with Crippen molar-refractivity contribution < 1.29 is 14.6 Å². The molecule has 148 valence electrons. The number of aliphatic hydroxyl groups is 2. The van der Waals surface area contributed by atoms with Crippen molar-refractivity contribution in [2.24, 2.45) is 0 Å². The average molecular weight is 385 g/mol. The van der Waals surface area contributed by atoms with Crippen molar-refractivity contribution in [3.63, 3.8) is 0 Å². The molecule has 7 nitrogen and oxygen atoms in total. The number of hydrogen-bond acceptors (Lipinski definition) is 6. The fourth-order valence-corrected chi connectivity index (χ4v) is 2.80. The third-order valence-corrected chi connectivity index (χ3v) is 4.23. The van der Waals surface area contributed by atoms with Gasteiger partial charge in [0.15, 0.2) is 0 Å². The van der Waals surface area contributed by atoms with Gasteiger partial charge in [-0.05, 0) is 50.1 Å². The quantitative estimate of drug-likeness (QED) is 0.578. The first kappa shape index (κ1) is 19.9. The second kappa shape index (κ2) is 8.04. The lowest BCUT2D eigenvalue weighted by atomic mass is 10.1. The SMILES string of the molecule is Cc1cc(Nc2nccc([C@H](C)F)n2)cc(-c2cnn(CC(C)(O)CO)c2)c1. The molecule has 2 atom stereocenters. The zero-order chi connectivity index (χ0) is 20.3. The number of rotatable bonds is 7. The Labute approximate surface area is 162 Å². The molecule has 2 heterocycles. The van der Waals surface area contributed by atoms with Crippen LogP contribution in [0.2, 0.25) is 0 Å². The van der Waals surface area contributed by atoms with E-state index in [-0.39, 0.29) is 13.2 Å². The molecule has 2 aromatic heterocycles. The van der Waals surface area contributed by atoms with Gasteiger partial charge in [-0.3, -0.25) is 4.68 Å². The van der Waals surface area contributed by atoms with Gasteiger partial charge in [-0.15, -0.1) is 0 Å². The van der Waals surface area contributed by atoms with Gasteiger partial charge in [0.05, 0.1) is 25.0 Å². The number of hydrogen-bond donors (Lipinski definition) is 3. The first-order valence-corrected chi connectivity index (χ1v) is 8.97. The second-order valence-electron chi connectivity index (χ2n) is 7.22. The molecule has 1 aromatic carbocycles. The number of nitrogens with zero attached hydrogens (tertiary/aromatic N) is 4. The Hall–Kier alpha value is -2.84. The lowest BCUT2D eigenvalue weighted by Crippen LogP contribution is -2.34. The van der Waals surface area contributed by atoms with Crippen LogP contribution in [0.1, 0.15) is 31.3 Å². The maximum Gasteiger partial charge on any atom is 0.227 e. The van der Waals surface area contributed by atoms with E-state index >= 15 is 0 Å². The van der Waals surface area contributed by atoms with E-state index in [9.17, 15) is 14.6 Å². The molecule has 0 aliphatic heterocycles. The normalized spacial score (nSPS) is 14.5. The van der Waals surface area contributed by atoms with Crippen LogP contribution in [0.4, 0.5) is 16.0 Å². The van der Waals surface area contributed by atoms with Crippen LogP contribution in [0.15, 0.2) is 42.9 Å². The highest BCUT2D eigenvalue weighted by atomic mass is 19.1. The highest BCUT2D eigenvalue weighted by Crippen LogP contribution is 2.26. The molecular weight excluding hydrogens is 361 g/mol. The first-order chi connectivity index (χ1) is 13.3. The summed E-state index contributed by atoms with van der Waals surface area (Å²) in [7, 11) is 0. The van der Waals surface area contributed by atoms with Gasteiger partial charge in [0.1, 0.15) is 11.8 Å². The van der Waals surface area contributed by atoms with E-state index in [4.69, 9.17) is 0 Å². The van der Waals surface area contributed by atoms with Crippen molar-refractivity contribution in [2.45, 2.75) is 39.1 Å². The average Bonchev–Trinajstić information content (AvgIpc) is 3.09. The molecule has 0 fully saturated rings. The summed E-state index contributed by atoms with van der Waals surface area (Å²) in [5, 5.41) is 26.6. The molecule has 3 aromatic rings. The number of aryl methyl sites for hydroxylation is 1. The summed E-state index contributed by atoms with van der Waals surface area (Å²) in [6.07, 6.45) is 3.87. The minimum atomic E-state index is -1.24. The van der Waals surface area contributed by atoms with Gasteiger partial charge < -0.3 is 15.5 Å². The second-order valence-corrected chi connectivity index (χ2v) is 7.22. The van der Waals surface area contributed by atoms with E-state index in [1.807, 2.05) is 31.3 Å². The van der Waals surface area contributed by atoms with Crippen molar-refractivity contribution in [3.8, 4) is 11.1 Å². The van der Waals surface area contributed by atoms with E-state index < -0.39 is 11.8 Å². The minimum absolute atomic E-state index is 0.183. The van der Waals surface area contributed by atoms with E-state index in [0.717, 1.165) is 22.4 Å². The first-order valence-electron chi connectivity index (χ1n) is 8.97. The Bertz CT molecular complexity index is 955. The van der Waals surface area contributed by atoms with E-state index in [1.54, 1.807) is 23.9 Å². The predicted octanol–water partition coefficient (Wildman–Crippen LogP) is 3.17. The van der Waals surface area contributed by atoms with Crippen LogP contribution in [-0.2, 0) is 6.54 Å². The number of anilines is 2. The van der Waals surface area contributed by atoms with E-state index in [0.29, 0.717) is 11.6 Å². The fourth-order valence-electron chi connectivity index (χ4n) is 2.80. The monoisotopic (exact) mass is 385 g/mol. The molecule has 0 bridgehead atoms. The van der Waals surface area contributed by atoms with Gasteiger partial charge in [-0.25, -0.2) is 14.4 Å². The number of benzene rings is 1. The summed E-state index contributed by atoms with van der Waals surface area (Å²) in [5.74, 6) is 0.327. The van der Waals surface area contributed by atoms with Crippen molar-refractivity contribution >= 4 is 11.6 Å². The Morgan fingerprint density at radius 2 is 2.07 bits per heavy atom. The van der Waals surface area contributed by atoms with Gasteiger partial charge in [-0.2, -0.15) is 5.10 Å². The molecule has 8 heteroatoms. The Balaban J connectivity index is 1.84. The van der Waals surface area contributed by atoms with Crippen molar-refractivity contribution in [1.29, 1.82) is 0 Å². The number of nitrogens with one attached hydrogen (secondary N) is 1. The predicted molar refractivity (Wildman–Crippen MR) is 105 cm³/mol. The van der Waals surface area contributed by atoms with Crippen molar-refractivity contribution in [2.75, 3.05) is 11.9 Å². The number of alkyl halides is 1. The van der Waals surface area contributed by atoms with Crippen LogP contribution >= 0.6 is 0 Å². The molecule has 28 heavy (non-hydrogen) atoms. The summed E-state index contributed by atoms with van der Waals surface area (Å²) in [6, 6.07) is 7.43. The van der Waals surface area contributed by atoms with Crippen molar-refractivity contribution in [1.82, 2.24) is 19.7 Å². The molecule has 0 aliphatic rings.